The molecule has 1 amide bonds. The minimum absolute atomic E-state index is 0.00166. The molecule has 0 aliphatic heterocycles. The van der Waals surface area contributed by atoms with Gasteiger partial charge in [0, 0.05) is 18.9 Å². The van der Waals surface area contributed by atoms with Gasteiger partial charge in [0.25, 0.3) is 5.91 Å². The second-order valence-electron chi connectivity index (χ2n) is 3.84. The molecule has 0 fully saturated rings. The van der Waals surface area contributed by atoms with Gasteiger partial charge in [0.2, 0.25) is 0 Å². The van der Waals surface area contributed by atoms with Crippen LogP contribution in [0.25, 0.3) is 5.69 Å². The number of rotatable bonds is 5. The Morgan fingerprint density at radius 2 is 2.22 bits per heavy atom. The number of nitrogens with one attached hydrogen (secondary N) is 1. The highest BCUT2D eigenvalue weighted by Gasteiger charge is 2.13. The van der Waals surface area contributed by atoms with E-state index >= 15 is 0 Å². The molecule has 2 aromatic rings. The van der Waals surface area contributed by atoms with E-state index in [9.17, 15) is 4.79 Å². The van der Waals surface area contributed by atoms with Crippen molar-refractivity contribution in [1.29, 1.82) is 0 Å². The van der Waals surface area contributed by atoms with Crippen LogP contribution in [0.4, 0.5) is 0 Å². The van der Waals surface area contributed by atoms with Crippen LogP contribution in [0.2, 0.25) is 0 Å². The maximum absolute atomic E-state index is 12.0. The predicted molar refractivity (Wildman–Crippen MR) is 75.4 cm³/mol. The number of carbonyl (C=O) groups is 1. The van der Waals surface area contributed by atoms with E-state index in [0.29, 0.717) is 6.54 Å². The summed E-state index contributed by atoms with van der Waals surface area (Å²) in [4.78, 5) is 12.8. The molecular formula is C14H16N2OS. The van der Waals surface area contributed by atoms with Crippen molar-refractivity contribution in [3.8, 4) is 5.69 Å². The second kappa shape index (κ2) is 6.21. The maximum atomic E-state index is 12.0. The molecule has 0 aromatic carbocycles. The molecule has 94 valence electrons. The lowest BCUT2D eigenvalue weighted by Gasteiger charge is -2.05. The molecule has 0 atom stereocenters. The second-order valence-corrected chi connectivity index (χ2v) is 4.76. The lowest BCUT2D eigenvalue weighted by molar-refractivity contribution is 0.0958. The lowest BCUT2D eigenvalue weighted by atomic mass is 10.3. The van der Waals surface area contributed by atoms with Gasteiger partial charge in [0.15, 0.2) is 0 Å². The number of amides is 1. The third-order valence-corrected chi connectivity index (χ3v) is 3.47. The number of carbonyl (C=O) groups excluding carboxylic acids is 1. The highest BCUT2D eigenvalue weighted by atomic mass is 32.1. The van der Waals surface area contributed by atoms with Crippen molar-refractivity contribution in [2.24, 2.45) is 0 Å². The van der Waals surface area contributed by atoms with E-state index in [2.05, 4.69) is 5.32 Å². The quantitative estimate of drug-likeness (QED) is 0.650. The standard InChI is InChI=1S/C14H16N2OS/c1-2-3-4-8-15-14(17)13-12(7-11-18-13)16-9-5-6-10-16/h2-3,5-7,9-11H,4,8H2,1H3,(H,15,17)/b3-2+. The number of allylic oxidation sites excluding steroid dienone is 1. The fourth-order valence-electron chi connectivity index (χ4n) is 1.69. The van der Waals surface area contributed by atoms with Gasteiger partial charge >= 0.3 is 0 Å². The van der Waals surface area contributed by atoms with Crippen molar-refractivity contribution in [2.45, 2.75) is 13.3 Å². The molecule has 0 aliphatic rings. The number of nitrogens with zero attached hydrogens (tertiary/aromatic N) is 1. The van der Waals surface area contributed by atoms with Crippen LogP contribution < -0.4 is 5.32 Å². The third kappa shape index (κ3) is 2.90. The molecule has 0 spiro atoms. The number of aromatic nitrogens is 1. The Morgan fingerprint density at radius 1 is 1.44 bits per heavy atom. The van der Waals surface area contributed by atoms with Gasteiger partial charge in [-0.2, -0.15) is 0 Å². The molecule has 1 N–H and O–H groups in total. The molecule has 3 nitrogen and oxygen atoms in total. The van der Waals surface area contributed by atoms with Gasteiger partial charge < -0.3 is 9.88 Å². The van der Waals surface area contributed by atoms with Crippen LogP contribution in [0, 0.1) is 0 Å². The number of hydrogen-bond acceptors (Lipinski definition) is 2. The summed E-state index contributed by atoms with van der Waals surface area (Å²) in [7, 11) is 0. The summed E-state index contributed by atoms with van der Waals surface area (Å²) in [5, 5.41) is 4.87. The fourth-order valence-corrected chi connectivity index (χ4v) is 2.49. The molecule has 4 heteroatoms. The summed E-state index contributed by atoms with van der Waals surface area (Å²) in [5.41, 5.74) is 0.938. The summed E-state index contributed by atoms with van der Waals surface area (Å²) in [5.74, 6) is -0.00166. The molecule has 0 aliphatic carbocycles. The Morgan fingerprint density at radius 3 is 2.94 bits per heavy atom. The first-order chi connectivity index (χ1) is 8.83. The van der Waals surface area contributed by atoms with Crippen molar-refractivity contribution in [3.63, 3.8) is 0 Å². The van der Waals surface area contributed by atoms with E-state index < -0.39 is 0 Å². The predicted octanol–water partition coefficient (Wildman–Crippen LogP) is 3.23. The summed E-state index contributed by atoms with van der Waals surface area (Å²) in [6.07, 6.45) is 8.79. The van der Waals surface area contributed by atoms with Crippen LogP contribution >= 0.6 is 11.3 Å². The van der Waals surface area contributed by atoms with E-state index in [1.165, 1.54) is 11.3 Å². The summed E-state index contributed by atoms with van der Waals surface area (Å²) < 4.78 is 1.96. The van der Waals surface area contributed by atoms with Gasteiger partial charge in [-0.25, -0.2) is 0 Å². The minimum Gasteiger partial charge on any atom is -0.351 e. The maximum Gasteiger partial charge on any atom is 0.263 e. The SMILES string of the molecule is C/C=C/CCNC(=O)c1sccc1-n1cccc1. The van der Waals surface area contributed by atoms with Crippen LogP contribution in [0.3, 0.4) is 0 Å². The summed E-state index contributed by atoms with van der Waals surface area (Å²) in [6.45, 7) is 2.65. The minimum atomic E-state index is -0.00166. The average Bonchev–Trinajstić information content (AvgIpc) is 3.02. The van der Waals surface area contributed by atoms with Crippen molar-refractivity contribution in [3.05, 3.63) is 53.0 Å². The number of thiophene rings is 1. The van der Waals surface area contributed by atoms with Crippen LogP contribution in [-0.2, 0) is 0 Å². The summed E-state index contributed by atoms with van der Waals surface area (Å²) in [6, 6.07) is 5.86. The van der Waals surface area contributed by atoms with Crippen molar-refractivity contribution < 1.29 is 4.79 Å². The topological polar surface area (TPSA) is 34.0 Å². The molecule has 0 radical (unpaired) electrons. The van der Waals surface area contributed by atoms with Crippen molar-refractivity contribution in [1.82, 2.24) is 9.88 Å². The average molecular weight is 260 g/mol. The molecule has 18 heavy (non-hydrogen) atoms. The fraction of sp³-hybridized carbons (Fsp3) is 0.214. The van der Waals surface area contributed by atoms with Crippen LogP contribution in [-0.4, -0.2) is 17.0 Å². The molecule has 0 unspecified atom stereocenters. The highest BCUT2D eigenvalue weighted by Crippen LogP contribution is 2.21. The molecule has 0 bridgehead atoms. The zero-order chi connectivity index (χ0) is 12.8. The van der Waals surface area contributed by atoms with Gasteiger partial charge in [-0.3, -0.25) is 4.79 Å². The van der Waals surface area contributed by atoms with Crippen LogP contribution in [0.1, 0.15) is 23.0 Å². The van der Waals surface area contributed by atoms with Gasteiger partial charge in [-0.1, -0.05) is 12.2 Å². The molecule has 0 saturated heterocycles. The van der Waals surface area contributed by atoms with E-state index in [4.69, 9.17) is 0 Å². The van der Waals surface area contributed by atoms with Gasteiger partial charge in [-0.15, -0.1) is 11.3 Å². The molecule has 0 saturated carbocycles. The van der Waals surface area contributed by atoms with E-state index in [1.807, 2.05) is 59.6 Å². The summed E-state index contributed by atoms with van der Waals surface area (Å²) >= 11 is 1.47. The highest BCUT2D eigenvalue weighted by molar-refractivity contribution is 7.12. The molecule has 2 aromatic heterocycles. The van der Waals surface area contributed by atoms with Gasteiger partial charge in [0.1, 0.15) is 4.88 Å². The smallest absolute Gasteiger partial charge is 0.263 e. The van der Waals surface area contributed by atoms with Crippen LogP contribution in [0.15, 0.2) is 48.1 Å². The molecule has 2 rings (SSSR count). The third-order valence-electron chi connectivity index (χ3n) is 2.57. The first-order valence-corrected chi connectivity index (χ1v) is 6.81. The Balaban J connectivity index is 2.05. The zero-order valence-corrected chi connectivity index (χ0v) is 11.1. The Kier molecular flexibility index (Phi) is 4.36. The van der Waals surface area contributed by atoms with Crippen molar-refractivity contribution >= 4 is 17.2 Å². The number of hydrogen-bond donors (Lipinski definition) is 1. The van der Waals surface area contributed by atoms with E-state index in [1.54, 1.807) is 0 Å². The monoisotopic (exact) mass is 260 g/mol. The Hall–Kier alpha value is -1.81. The Labute approximate surface area is 111 Å². The van der Waals surface area contributed by atoms with E-state index in [-0.39, 0.29) is 5.91 Å². The zero-order valence-electron chi connectivity index (χ0n) is 10.3. The first-order valence-electron chi connectivity index (χ1n) is 5.93. The first kappa shape index (κ1) is 12.6. The van der Waals surface area contributed by atoms with Crippen molar-refractivity contribution in [2.75, 3.05) is 6.54 Å². The lowest BCUT2D eigenvalue weighted by Crippen LogP contribution is -2.24. The Bertz CT molecular complexity index is 526. The normalized spacial score (nSPS) is 10.9. The van der Waals surface area contributed by atoms with Crippen LogP contribution in [0.5, 0.6) is 0 Å². The molecule has 2 heterocycles. The van der Waals surface area contributed by atoms with Gasteiger partial charge in [-0.05, 0) is 36.9 Å². The molecular weight excluding hydrogens is 244 g/mol. The largest absolute Gasteiger partial charge is 0.351 e. The van der Waals surface area contributed by atoms with E-state index in [0.717, 1.165) is 17.0 Å². The van der Waals surface area contributed by atoms with Gasteiger partial charge in [0.05, 0.1) is 5.69 Å².